The minimum atomic E-state index is -0.843. The Morgan fingerprint density at radius 3 is 2.39 bits per heavy atom. The minimum Gasteiger partial charge on any atom is -0.461 e. The van der Waals surface area contributed by atoms with E-state index in [1.165, 1.54) is 5.57 Å². The molecule has 6 nitrogen and oxygen atoms in total. The van der Waals surface area contributed by atoms with E-state index in [-0.39, 0.29) is 29.5 Å². The van der Waals surface area contributed by atoms with Crippen molar-refractivity contribution in [2.45, 2.75) is 90.6 Å². The smallest absolute Gasteiger partial charge is 0.334 e. The molecular formula is C30H40O6. The van der Waals surface area contributed by atoms with E-state index in [0.717, 1.165) is 42.4 Å². The van der Waals surface area contributed by atoms with E-state index in [1.807, 2.05) is 32.9 Å². The SMILES string of the molecule is C=C1C(=O)O[C@H]2/C=C(\C)[C@H](C[C@H]3C(=O)O[C@H]4C/C(C)=C/CC/C(C)=C/[C@@H](O)[C@@H]43)CC/C(C)=C/[C@H](O)[C@H]12. The first kappa shape index (κ1) is 26.6. The molecule has 0 aromatic rings. The van der Waals surface area contributed by atoms with E-state index in [9.17, 15) is 19.8 Å². The van der Waals surface area contributed by atoms with Gasteiger partial charge >= 0.3 is 11.9 Å². The fourth-order valence-electron chi connectivity index (χ4n) is 6.31. The van der Waals surface area contributed by atoms with Crippen LogP contribution in [0.5, 0.6) is 0 Å². The van der Waals surface area contributed by atoms with Gasteiger partial charge in [0.1, 0.15) is 12.2 Å². The van der Waals surface area contributed by atoms with Gasteiger partial charge in [0, 0.05) is 17.9 Å². The van der Waals surface area contributed by atoms with Gasteiger partial charge in [0.05, 0.1) is 24.0 Å². The Bertz CT molecular complexity index is 1030. The first-order valence-corrected chi connectivity index (χ1v) is 13.2. The van der Waals surface area contributed by atoms with Crippen molar-refractivity contribution >= 4 is 11.9 Å². The maximum Gasteiger partial charge on any atom is 0.334 e. The van der Waals surface area contributed by atoms with Crippen LogP contribution < -0.4 is 0 Å². The van der Waals surface area contributed by atoms with Crippen LogP contribution in [0.2, 0.25) is 0 Å². The van der Waals surface area contributed by atoms with Crippen molar-refractivity contribution in [3.8, 4) is 0 Å². The second-order valence-electron chi connectivity index (χ2n) is 11.3. The van der Waals surface area contributed by atoms with Gasteiger partial charge in [-0.15, -0.1) is 0 Å². The Balaban J connectivity index is 1.64. The number of hydrogen-bond acceptors (Lipinski definition) is 6. The van der Waals surface area contributed by atoms with Gasteiger partial charge in [-0.1, -0.05) is 47.1 Å². The fraction of sp³-hybridized carbons (Fsp3) is 0.600. The lowest BCUT2D eigenvalue weighted by Gasteiger charge is -2.29. The molecule has 8 atom stereocenters. The van der Waals surface area contributed by atoms with Crippen molar-refractivity contribution in [3.05, 3.63) is 58.7 Å². The summed E-state index contributed by atoms with van der Waals surface area (Å²) in [5.41, 5.74) is 4.63. The highest BCUT2D eigenvalue weighted by Gasteiger charge is 2.48. The highest BCUT2D eigenvalue weighted by atomic mass is 16.6. The predicted molar refractivity (Wildman–Crippen MR) is 138 cm³/mol. The lowest BCUT2D eigenvalue weighted by Crippen LogP contribution is -2.34. The molecule has 4 aliphatic rings. The lowest BCUT2D eigenvalue weighted by atomic mass is 9.74. The molecule has 0 bridgehead atoms. The van der Waals surface area contributed by atoms with Gasteiger partial charge < -0.3 is 19.7 Å². The Kier molecular flexibility index (Phi) is 8.06. The van der Waals surface area contributed by atoms with Crippen LogP contribution in [0.15, 0.2) is 58.7 Å². The molecule has 2 N–H and O–H groups in total. The van der Waals surface area contributed by atoms with E-state index < -0.39 is 36.1 Å². The summed E-state index contributed by atoms with van der Waals surface area (Å²) < 4.78 is 11.4. The minimum absolute atomic E-state index is 0.0393. The molecule has 4 rings (SSSR count). The number of hydrogen-bond donors (Lipinski definition) is 2. The standard InChI is InChI=1S/C30H40O6/c1-16-7-6-8-17(2)13-25-28(24(32)11-16)22(30(34)36-25)15-21-10-9-18(3)12-23(31)27-20(5)29(33)35-26(27)14-19(21)4/h8,11-12,14,21-28,31-32H,5-7,9-10,13,15H2,1-4H3/b16-11+,17-8+,18-12+,19-14+/t21-,22+,23-,24+,25-,26-,27-,28-/m0/s1. The van der Waals surface area contributed by atoms with Crippen molar-refractivity contribution in [2.75, 3.05) is 0 Å². The number of ether oxygens (including phenoxy) is 2. The zero-order valence-electron chi connectivity index (χ0n) is 21.9. The average Bonchev–Trinajstić information content (AvgIpc) is 3.24. The highest BCUT2D eigenvalue weighted by molar-refractivity contribution is 5.91. The van der Waals surface area contributed by atoms with E-state index in [1.54, 1.807) is 6.08 Å². The average molecular weight is 497 g/mol. The van der Waals surface area contributed by atoms with E-state index in [4.69, 9.17) is 9.47 Å². The normalized spacial score (nSPS) is 43.8. The summed E-state index contributed by atoms with van der Waals surface area (Å²) in [6.45, 7) is 11.9. The quantitative estimate of drug-likeness (QED) is 0.326. The van der Waals surface area contributed by atoms with Crippen LogP contribution in [0.1, 0.15) is 66.2 Å². The van der Waals surface area contributed by atoms with Crippen molar-refractivity contribution in [2.24, 2.45) is 23.7 Å². The van der Waals surface area contributed by atoms with Crippen molar-refractivity contribution in [1.82, 2.24) is 0 Å². The van der Waals surface area contributed by atoms with Crippen LogP contribution >= 0.6 is 0 Å². The monoisotopic (exact) mass is 496 g/mol. The van der Waals surface area contributed by atoms with E-state index >= 15 is 0 Å². The van der Waals surface area contributed by atoms with Crippen LogP contribution in [0.25, 0.3) is 0 Å². The van der Waals surface area contributed by atoms with Crippen molar-refractivity contribution in [3.63, 3.8) is 0 Å². The number of esters is 2. The number of rotatable bonds is 2. The molecule has 0 saturated carbocycles. The molecule has 2 aliphatic heterocycles. The van der Waals surface area contributed by atoms with Crippen LogP contribution in [-0.4, -0.2) is 46.6 Å². The van der Waals surface area contributed by atoms with Crippen LogP contribution in [0, 0.1) is 23.7 Å². The molecule has 0 aromatic carbocycles. The summed E-state index contributed by atoms with van der Waals surface area (Å²) in [7, 11) is 0. The first-order chi connectivity index (χ1) is 17.0. The summed E-state index contributed by atoms with van der Waals surface area (Å²) in [6, 6.07) is 0. The lowest BCUT2D eigenvalue weighted by molar-refractivity contribution is -0.144. The number of allylic oxidation sites excluding steroid dienone is 4. The summed E-state index contributed by atoms with van der Waals surface area (Å²) in [4.78, 5) is 25.4. The molecule has 196 valence electrons. The third-order valence-electron chi connectivity index (χ3n) is 8.45. The summed E-state index contributed by atoms with van der Waals surface area (Å²) in [6.07, 6.45) is 9.83. The molecule has 2 fully saturated rings. The second-order valence-corrected chi connectivity index (χ2v) is 11.3. The summed E-state index contributed by atoms with van der Waals surface area (Å²) in [5, 5.41) is 22.0. The number of aliphatic hydroxyl groups excluding tert-OH is 2. The predicted octanol–water partition coefficient (Wildman–Crippen LogP) is 4.73. The van der Waals surface area contributed by atoms with Gasteiger partial charge in [0.15, 0.2) is 0 Å². The molecule has 36 heavy (non-hydrogen) atoms. The molecule has 2 aliphatic carbocycles. The molecule has 2 heterocycles. The largest absolute Gasteiger partial charge is 0.461 e. The highest BCUT2D eigenvalue weighted by Crippen LogP contribution is 2.42. The van der Waals surface area contributed by atoms with Crippen LogP contribution in [-0.2, 0) is 19.1 Å². The molecule has 0 radical (unpaired) electrons. The molecule has 6 heteroatoms. The van der Waals surface area contributed by atoms with E-state index in [0.29, 0.717) is 12.8 Å². The third kappa shape index (κ3) is 5.60. The Morgan fingerprint density at radius 1 is 0.944 bits per heavy atom. The van der Waals surface area contributed by atoms with Gasteiger partial charge in [-0.25, -0.2) is 4.79 Å². The maximum atomic E-state index is 13.2. The maximum absolute atomic E-state index is 13.2. The molecule has 0 spiro atoms. The molecular weight excluding hydrogens is 456 g/mol. The number of carbonyl (C=O) groups is 2. The molecule has 0 unspecified atom stereocenters. The summed E-state index contributed by atoms with van der Waals surface area (Å²) in [5.74, 6) is -1.94. The first-order valence-electron chi connectivity index (χ1n) is 13.2. The van der Waals surface area contributed by atoms with Gasteiger partial charge in [0.2, 0.25) is 0 Å². The topological polar surface area (TPSA) is 93.1 Å². The van der Waals surface area contributed by atoms with Crippen molar-refractivity contribution in [1.29, 1.82) is 0 Å². The Hall–Kier alpha value is -2.44. The molecule has 0 amide bonds. The Labute approximate surface area is 214 Å². The Morgan fingerprint density at radius 2 is 1.64 bits per heavy atom. The van der Waals surface area contributed by atoms with Crippen LogP contribution in [0.3, 0.4) is 0 Å². The van der Waals surface area contributed by atoms with Gasteiger partial charge in [0.25, 0.3) is 0 Å². The van der Waals surface area contributed by atoms with Gasteiger partial charge in [-0.05, 0) is 71.8 Å². The number of fused-ring (bicyclic) bond motifs is 2. The number of carbonyl (C=O) groups excluding carboxylic acids is 2. The zero-order valence-corrected chi connectivity index (χ0v) is 21.9. The van der Waals surface area contributed by atoms with Gasteiger partial charge in [-0.2, -0.15) is 0 Å². The van der Waals surface area contributed by atoms with Crippen LogP contribution in [0.4, 0.5) is 0 Å². The number of aliphatic hydroxyl groups is 2. The fourth-order valence-corrected chi connectivity index (χ4v) is 6.31. The zero-order chi connectivity index (χ0) is 26.1. The molecule has 2 saturated heterocycles. The second kappa shape index (κ2) is 10.9. The summed E-state index contributed by atoms with van der Waals surface area (Å²) >= 11 is 0. The molecule has 0 aromatic heterocycles. The van der Waals surface area contributed by atoms with Crippen molar-refractivity contribution < 1.29 is 29.3 Å². The van der Waals surface area contributed by atoms with Gasteiger partial charge in [-0.3, -0.25) is 4.79 Å². The third-order valence-corrected chi connectivity index (χ3v) is 8.45. The van der Waals surface area contributed by atoms with E-state index in [2.05, 4.69) is 19.6 Å².